The fraction of sp³-hybridized carbons (Fsp3) is 0.133. The average molecular weight is 411 g/mol. The number of hydrogen-bond acceptors (Lipinski definition) is 8. The van der Waals surface area contributed by atoms with Crippen molar-refractivity contribution >= 4 is 68.3 Å². The summed E-state index contributed by atoms with van der Waals surface area (Å²) in [4.78, 5) is 34.4. The summed E-state index contributed by atoms with van der Waals surface area (Å²) in [6.07, 6.45) is 0. The minimum atomic E-state index is -0.427. The minimum Gasteiger partial charge on any atom is -0.423 e. The Hall–Kier alpha value is -2.43. The Balaban J connectivity index is 1.56. The number of hydrogen-bond donors (Lipinski definition) is 2. The number of rotatable bonds is 6. The molecule has 2 heterocycles. The van der Waals surface area contributed by atoms with E-state index in [4.69, 9.17) is 16.0 Å². The molecular formula is C15H11ClN4O4S2. The lowest BCUT2D eigenvalue weighted by molar-refractivity contribution is -0.114. The molecule has 26 heavy (non-hydrogen) atoms. The summed E-state index contributed by atoms with van der Waals surface area (Å²) in [6, 6.07) is 7.93. The van der Waals surface area contributed by atoms with Crippen LogP contribution >= 0.6 is 34.7 Å². The van der Waals surface area contributed by atoms with Gasteiger partial charge in [0.05, 0.1) is 5.75 Å². The quantitative estimate of drug-likeness (QED) is 0.278. The molecule has 0 spiro atoms. The predicted octanol–water partition coefficient (Wildman–Crippen LogP) is 2.55. The highest BCUT2D eigenvalue weighted by molar-refractivity contribution is 8.01. The first kappa shape index (κ1) is 18.4. The van der Waals surface area contributed by atoms with Crippen LogP contribution in [-0.2, 0) is 9.59 Å². The molecule has 3 rings (SSSR count). The lowest BCUT2D eigenvalue weighted by Gasteiger charge is -2.05. The summed E-state index contributed by atoms with van der Waals surface area (Å²) in [5, 5.41) is 14.0. The second-order valence-corrected chi connectivity index (χ2v) is 7.37. The van der Waals surface area contributed by atoms with Crippen LogP contribution in [0.25, 0.3) is 11.0 Å². The second kappa shape index (κ2) is 8.30. The van der Waals surface area contributed by atoms with Crippen molar-refractivity contribution in [2.75, 3.05) is 22.3 Å². The van der Waals surface area contributed by atoms with Crippen molar-refractivity contribution in [3.63, 3.8) is 0 Å². The van der Waals surface area contributed by atoms with E-state index in [1.165, 1.54) is 17.8 Å². The number of benzene rings is 1. The zero-order chi connectivity index (χ0) is 18.5. The molecule has 0 fully saturated rings. The standard InChI is InChI=1S/C15H11ClN4O4S2/c16-6-11(21)18-14-19-20-15(26-14)25-7-12(22)17-9-2-3-10-8(5-9)1-4-13(23)24-10/h1-5H,6-7H2,(H,17,22)(H,18,19,21). The van der Waals surface area contributed by atoms with Gasteiger partial charge in [0.2, 0.25) is 16.9 Å². The number of alkyl halides is 1. The number of fused-ring (bicyclic) bond motifs is 1. The third-order valence-corrected chi connectivity index (χ3v) is 5.22. The van der Waals surface area contributed by atoms with Crippen LogP contribution in [0.15, 0.2) is 43.9 Å². The van der Waals surface area contributed by atoms with Gasteiger partial charge in [0.1, 0.15) is 11.5 Å². The van der Waals surface area contributed by atoms with Crippen LogP contribution in [0.3, 0.4) is 0 Å². The van der Waals surface area contributed by atoms with Gasteiger partial charge in [0, 0.05) is 17.1 Å². The molecule has 1 aromatic carbocycles. The molecule has 11 heteroatoms. The van der Waals surface area contributed by atoms with Gasteiger partial charge in [0.25, 0.3) is 0 Å². The van der Waals surface area contributed by atoms with Gasteiger partial charge in [0.15, 0.2) is 4.34 Å². The third kappa shape index (κ3) is 4.81. The molecule has 0 aliphatic rings. The molecule has 0 saturated heterocycles. The van der Waals surface area contributed by atoms with E-state index in [0.29, 0.717) is 26.1 Å². The summed E-state index contributed by atoms with van der Waals surface area (Å²) >= 11 is 7.75. The van der Waals surface area contributed by atoms with E-state index in [0.717, 1.165) is 11.3 Å². The van der Waals surface area contributed by atoms with Gasteiger partial charge in [-0.2, -0.15) is 0 Å². The van der Waals surface area contributed by atoms with Crippen molar-refractivity contribution in [1.82, 2.24) is 10.2 Å². The van der Waals surface area contributed by atoms with Crippen molar-refractivity contribution in [2.45, 2.75) is 4.34 Å². The monoisotopic (exact) mass is 410 g/mol. The first-order valence-corrected chi connectivity index (χ1v) is 9.53. The molecule has 0 aliphatic heterocycles. The largest absolute Gasteiger partial charge is 0.423 e. The smallest absolute Gasteiger partial charge is 0.336 e. The van der Waals surface area contributed by atoms with Gasteiger partial charge in [-0.05, 0) is 24.3 Å². The number of carbonyl (C=O) groups excluding carboxylic acids is 2. The summed E-state index contributed by atoms with van der Waals surface area (Å²) < 4.78 is 5.59. The maximum absolute atomic E-state index is 12.1. The molecule has 2 aromatic heterocycles. The normalized spacial score (nSPS) is 10.7. The molecule has 0 aliphatic carbocycles. The summed E-state index contributed by atoms with van der Waals surface area (Å²) in [5.41, 5.74) is 0.610. The van der Waals surface area contributed by atoms with E-state index < -0.39 is 5.63 Å². The number of nitrogens with one attached hydrogen (secondary N) is 2. The van der Waals surface area contributed by atoms with Gasteiger partial charge >= 0.3 is 5.63 Å². The Bertz CT molecular complexity index is 1020. The van der Waals surface area contributed by atoms with Crippen molar-refractivity contribution in [3.8, 4) is 0 Å². The average Bonchev–Trinajstić information content (AvgIpc) is 3.07. The molecule has 0 saturated carbocycles. The van der Waals surface area contributed by atoms with Crippen molar-refractivity contribution in [3.05, 3.63) is 40.8 Å². The molecule has 3 aromatic rings. The van der Waals surface area contributed by atoms with Crippen LogP contribution in [0.4, 0.5) is 10.8 Å². The van der Waals surface area contributed by atoms with E-state index in [-0.39, 0.29) is 23.4 Å². The summed E-state index contributed by atoms with van der Waals surface area (Å²) in [5.74, 6) is -0.642. The Morgan fingerprint density at radius 1 is 1.15 bits per heavy atom. The van der Waals surface area contributed by atoms with Crippen LogP contribution in [-0.4, -0.2) is 33.6 Å². The summed E-state index contributed by atoms with van der Waals surface area (Å²) in [6.45, 7) is 0. The van der Waals surface area contributed by atoms with Crippen LogP contribution in [0.1, 0.15) is 0 Å². The van der Waals surface area contributed by atoms with Crippen LogP contribution in [0.5, 0.6) is 0 Å². The maximum Gasteiger partial charge on any atom is 0.336 e. The van der Waals surface area contributed by atoms with Crippen molar-refractivity contribution in [2.24, 2.45) is 0 Å². The highest BCUT2D eigenvalue weighted by atomic mass is 35.5. The number of amides is 2. The number of anilines is 2. The molecule has 8 nitrogen and oxygen atoms in total. The van der Waals surface area contributed by atoms with E-state index in [1.54, 1.807) is 24.3 Å². The number of carbonyl (C=O) groups is 2. The first-order valence-electron chi connectivity index (χ1n) is 7.19. The summed E-state index contributed by atoms with van der Waals surface area (Å²) in [7, 11) is 0. The van der Waals surface area contributed by atoms with Crippen molar-refractivity contribution in [1.29, 1.82) is 0 Å². The number of nitrogens with zero attached hydrogens (tertiary/aromatic N) is 2. The topological polar surface area (TPSA) is 114 Å². The molecule has 134 valence electrons. The van der Waals surface area contributed by atoms with Gasteiger partial charge < -0.3 is 9.73 Å². The Morgan fingerprint density at radius 2 is 2.00 bits per heavy atom. The van der Waals surface area contributed by atoms with Crippen molar-refractivity contribution < 1.29 is 14.0 Å². The lowest BCUT2D eigenvalue weighted by atomic mass is 10.2. The minimum absolute atomic E-state index is 0.125. The van der Waals surface area contributed by atoms with Crippen LogP contribution < -0.4 is 16.3 Å². The Labute approximate surface area is 159 Å². The zero-order valence-electron chi connectivity index (χ0n) is 13.0. The molecule has 2 N–H and O–H groups in total. The van der Waals surface area contributed by atoms with E-state index >= 15 is 0 Å². The number of aromatic nitrogens is 2. The fourth-order valence-electron chi connectivity index (χ4n) is 1.95. The van der Waals surface area contributed by atoms with Gasteiger partial charge in [-0.25, -0.2) is 4.79 Å². The zero-order valence-corrected chi connectivity index (χ0v) is 15.4. The first-order chi connectivity index (χ1) is 12.5. The molecule has 0 radical (unpaired) electrons. The number of thioether (sulfide) groups is 1. The van der Waals surface area contributed by atoms with E-state index in [1.807, 2.05) is 0 Å². The lowest BCUT2D eigenvalue weighted by Crippen LogP contribution is -2.13. The second-order valence-electron chi connectivity index (χ2n) is 4.90. The predicted molar refractivity (Wildman–Crippen MR) is 101 cm³/mol. The van der Waals surface area contributed by atoms with E-state index in [9.17, 15) is 14.4 Å². The van der Waals surface area contributed by atoms with Gasteiger partial charge in [-0.3, -0.25) is 14.9 Å². The third-order valence-electron chi connectivity index (χ3n) is 3.00. The highest BCUT2D eigenvalue weighted by Crippen LogP contribution is 2.25. The Morgan fingerprint density at radius 3 is 2.81 bits per heavy atom. The maximum atomic E-state index is 12.1. The Kier molecular flexibility index (Phi) is 5.86. The van der Waals surface area contributed by atoms with Gasteiger partial charge in [-0.15, -0.1) is 21.8 Å². The molecule has 0 atom stereocenters. The van der Waals surface area contributed by atoms with Crippen LogP contribution in [0.2, 0.25) is 0 Å². The molecule has 0 bridgehead atoms. The molecule has 0 unspecified atom stereocenters. The molecular weight excluding hydrogens is 400 g/mol. The van der Waals surface area contributed by atoms with Gasteiger partial charge in [-0.1, -0.05) is 23.1 Å². The fourth-order valence-corrected chi connectivity index (χ4v) is 3.58. The molecule has 2 amide bonds. The highest BCUT2D eigenvalue weighted by Gasteiger charge is 2.10. The van der Waals surface area contributed by atoms with E-state index in [2.05, 4.69) is 20.8 Å². The SMILES string of the molecule is O=C(CSc1nnc(NC(=O)CCl)s1)Nc1ccc2oc(=O)ccc2c1. The van der Waals surface area contributed by atoms with Crippen LogP contribution in [0, 0.1) is 0 Å². The number of halogens is 1.